The Labute approximate surface area is 86.3 Å². The van der Waals surface area contributed by atoms with Gasteiger partial charge >= 0.3 is 0 Å². The molecule has 0 radical (unpaired) electrons. The maximum Gasteiger partial charge on any atom is 0.0952 e. The molecule has 2 rings (SSSR count). The van der Waals surface area contributed by atoms with Gasteiger partial charge in [-0.15, -0.1) is 0 Å². The molecule has 0 spiro atoms. The van der Waals surface area contributed by atoms with E-state index in [4.69, 9.17) is 5.26 Å². The van der Waals surface area contributed by atoms with Crippen LogP contribution < -0.4 is 0 Å². The molecule has 3 nitrogen and oxygen atoms in total. The summed E-state index contributed by atoms with van der Waals surface area (Å²) < 4.78 is 0. The van der Waals surface area contributed by atoms with Crippen molar-refractivity contribution >= 4 is 0 Å². The third-order valence-corrected chi connectivity index (χ3v) is 3.67. The first-order valence-electron chi connectivity index (χ1n) is 5.62. The van der Waals surface area contributed by atoms with Crippen molar-refractivity contribution in [3.8, 4) is 6.07 Å². The molecule has 0 N–H and O–H groups in total. The molecule has 2 aliphatic heterocycles. The van der Waals surface area contributed by atoms with E-state index in [0.29, 0.717) is 6.04 Å². The zero-order valence-electron chi connectivity index (χ0n) is 9.11. The molecule has 3 heteroatoms. The lowest BCUT2D eigenvalue weighted by Crippen LogP contribution is -2.57. The Morgan fingerprint density at radius 3 is 2.93 bits per heavy atom. The smallest absolute Gasteiger partial charge is 0.0952 e. The van der Waals surface area contributed by atoms with Crippen LogP contribution in [0.2, 0.25) is 0 Å². The predicted octanol–water partition coefficient (Wildman–Crippen LogP) is 1.07. The summed E-state index contributed by atoms with van der Waals surface area (Å²) in [6, 6.07) is 3.69. The van der Waals surface area contributed by atoms with E-state index in [-0.39, 0.29) is 6.04 Å². The van der Waals surface area contributed by atoms with Crippen molar-refractivity contribution in [3.63, 3.8) is 0 Å². The Hall–Kier alpha value is -0.590. The van der Waals surface area contributed by atoms with Gasteiger partial charge in [-0.05, 0) is 33.2 Å². The number of rotatable bonds is 1. The van der Waals surface area contributed by atoms with Crippen molar-refractivity contribution in [3.05, 3.63) is 0 Å². The minimum Gasteiger partial charge on any atom is -0.298 e. The Balaban J connectivity index is 2.03. The summed E-state index contributed by atoms with van der Waals surface area (Å²) in [5, 5.41) is 8.94. The van der Waals surface area contributed by atoms with Crippen LogP contribution in [0.15, 0.2) is 0 Å². The van der Waals surface area contributed by atoms with Crippen LogP contribution >= 0.6 is 0 Å². The summed E-state index contributed by atoms with van der Waals surface area (Å²) in [6.45, 7) is 7.76. The highest BCUT2D eigenvalue weighted by Crippen LogP contribution is 2.25. The van der Waals surface area contributed by atoms with Crippen molar-refractivity contribution in [2.24, 2.45) is 0 Å². The van der Waals surface area contributed by atoms with E-state index in [1.54, 1.807) is 0 Å². The fraction of sp³-hybridized carbons (Fsp3) is 0.909. The number of piperazine rings is 1. The molecule has 0 amide bonds. The lowest BCUT2D eigenvalue weighted by molar-refractivity contribution is 0.0474. The summed E-state index contributed by atoms with van der Waals surface area (Å²) in [5.74, 6) is 0. The van der Waals surface area contributed by atoms with Gasteiger partial charge in [0.2, 0.25) is 0 Å². The van der Waals surface area contributed by atoms with Crippen molar-refractivity contribution in [2.45, 2.75) is 44.8 Å². The largest absolute Gasteiger partial charge is 0.298 e. The molecular formula is C11H19N3. The van der Waals surface area contributed by atoms with E-state index in [1.807, 2.05) is 6.92 Å². The van der Waals surface area contributed by atoms with Crippen molar-refractivity contribution in [2.75, 3.05) is 19.6 Å². The summed E-state index contributed by atoms with van der Waals surface area (Å²) in [5.41, 5.74) is 0. The van der Waals surface area contributed by atoms with Crippen LogP contribution in [0, 0.1) is 11.3 Å². The predicted molar refractivity (Wildman–Crippen MR) is 55.8 cm³/mol. The molecule has 14 heavy (non-hydrogen) atoms. The Morgan fingerprint density at radius 1 is 1.43 bits per heavy atom. The molecule has 0 saturated carbocycles. The molecule has 2 saturated heterocycles. The summed E-state index contributed by atoms with van der Waals surface area (Å²) >= 11 is 0. The lowest BCUT2D eigenvalue weighted by Gasteiger charge is -2.43. The number of hydrogen-bond donors (Lipinski definition) is 0. The molecule has 0 aromatic carbocycles. The molecule has 0 aliphatic carbocycles. The lowest BCUT2D eigenvalue weighted by atomic mass is 10.1. The summed E-state index contributed by atoms with van der Waals surface area (Å²) in [7, 11) is 0. The van der Waals surface area contributed by atoms with Gasteiger partial charge in [0.05, 0.1) is 12.1 Å². The molecule has 0 aromatic rings. The average Bonchev–Trinajstić information content (AvgIpc) is 2.62. The first-order valence-corrected chi connectivity index (χ1v) is 5.62. The van der Waals surface area contributed by atoms with Crippen molar-refractivity contribution in [1.82, 2.24) is 9.80 Å². The van der Waals surface area contributed by atoms with Crippen LogP contribution in [0.1, 0.15) is 26.7 Å². The van der Waals surface area contributed by atoms with Crippen LogP contribution in [0.25, 0.3) is 0 Å². The van der Waals surface area contributed by atoms with E-state index >= 15 is 0 Å². The van der Waals surface area contributed by atoms with Gasteiger partial charge in [-0.2, -0.15) is 5.26 Å². The van der Waals surface area contributed by atoms with Gasteiger partial charge in [-0.25, -0.2) is 0 Å². The van der Waals surface area contributed by atoms with E-state index in [2.05, 4.69) is 22.8 Å². The third-order valence-electron chi connectivity index (χ3n) is 3.67. The standard InChI is InChI=1S/C11H19N3/c1-9(6-12)14-8-11-4-3-5-13(11)7-10(14)2/h9-11H,3-5,7-8H2,1-2H3. The molecular weight excluding hydrogens is 174 g/mol. The van der Waals surface area contributed by atoms with Crippen LogP contribution in [0.4, 0.5) is 0 Å². The zero-order valence-corrected chi connectivity index (χ0v) is 9.11. The van der Waals surface area contributed by atoms with Gasteiger partial charge in [-0.1, -0.05) is 0 Å². The van der Waals surface area contributed by atoms with Crippen LogP contribution in [-0.2, 0) is 0 Å². The van der Waals surface area contributed by atoms with E-state index in [9.17, 15) is 0 Å². The second-order valence-electron chi connectivity index (χ2n) is 4.64. The first kappa shape index (κ1) is 9.95. The molecule has 0 bridgehead atoms. The molecule has 2 fully saturated rings. The topological polar surface area (TPSA) is 30.3 Å². The van der Waals surface area contributed by atoms with E-state index < -0.39 is 0 Å². The zero-order chi connectivity index (χ0) is 10.1. The number of fused-ring (bicyclic) bond motifs is 1. The maximum atomic E-state index is 8.94. The molecule has 78 valence electrons. The van der Waals surface area contributed by atoms with Crippen molar-refractivity contribution < 1.29 is 0 Å². The quantitative estimate of drug-likeness (QED) is 0.624. The second-order valence-corrected chi connectivity index (χ2v) is 4.64. The van der Waals surface area contributed by atoms with Gasteiger partial charge in [0.1, 0.15) is 0 Å². The second kappa shape index (κ2) is 3.88. The monoisotopic (exact) mass is 193 g/mol. The van der Waals surface area contributed by atoms with Gasteiger partial charge in [0, 0.05) is 25.2 Å². The normalized spacial score (nSPS) is 36.4. The summed E-state index contributed by atoms with van der Waals surface area (Å²) in [4.78, 5) is 4.94. The highest BCUT2D eigenvalue weighted by atomic mass is 15.3. The Bertz CT molecular complexity index is 245. The molecule has 3 unspecified atom stereocenters. The Kier molecular flexibility index (Phi) is 2.76. The fourth-order valence-electron chi connectivity index (χ4n) is 2.82. The Morgan fingerprint density at radius 2 is 2.21 bits per heavy atom. The van der Waals surface area contributed by atoms with Crippen LogP contribution in [0.5, 0.6) is 0 Å². The van der Waals surface area contributed by atoms with Gasteiger partial charge in [0.15, 0.2) is 0 Å². The average molecular weight is 193 g/mol. The number of nitrogens with zero attached hydrogens (tertiary/aromatic N) is 3. The minimum atomic E-state index is 0.0766. The van der Waals surface area contributed by atoms with E-state index in [1.165, 1.54) is 19.4 Å². The highest BCUT2D eigenvalue weighted by molar-refractivity contribution is 4.97. The van der Waals surface area contributed by atoms with Gasteiger partial charge in [0.25, 0.3) is 0 Å². The number of hydrogen-bond acceptors (Lipinski definition) is 3. The van der Waals surface area contributed by atoms with Crippen LogP contribution in [-0.4, -0.2) is 47.6 Å². The fourth-order valence-corrected chi connectivity index (χ4v) is 2.82. The first-order chi connectivity index (χ1) is 6.72. The summed E-state index contributed by atoms with van der Waals surface area (Å²) in [6.07, 6.45) is 2.66. The highest BCUT2D eigenvalue weighted by Gasteiger charge is 2.35. The minimum absolute atomic E-state index is 0.0766. The molecule has 2 aliphatic rings. The maximum absolute atomic E-state index is 8.94. The SMILES string of the molecule is CC(C#N)N1CC2CCCN2CC1C. The molecule has 3 atom stereocenters. The third kappa shape index (κ3) is 1.65. The molecule has 0 aromatic heterocycles. The van der Waals surface area contributed by atoms with E-state index in [0.717, 1.165) is 19.1 Å². The number of nitriles is 1. The van der Waals surface area contributed by atoms with Gasteiger partial charge < -0.3 is 0 Å². The van der Waals surface area contributed by atoms with Crippen molar-refractivity contribution in [1.29, 1.82) is 5.26 Å². The molecule has 2 heterocycles. The van der Waals surface area contributed by atoms with Crippen LogP contribution in [0.3, 0.4) is 0 Å². The van der Waals surface area contributed by atoms with Gasteiger partial charge in [-0.3, -0.25) is 9.80 Å².